The largest absolute Gasteiger partial charge is 0.505 e. The van der Waals surface area contributed by atoms with Gasteiger partial charge >= 0.3 is 0 Å². The van der Waals surface area contributed by atoms with E-state index in [1.165, 1.54) is 0 Å². The zero-order chi connectivity index (χ0) is 19.0. The second-order valence-electron chi connectivity index (χ2n) is 5.16. The van der Waals surface area contributed by atoms with E-state index in [-0.39, 0.29) is 18.0 Å². The molecule has 6 heteroatoms. The van der Waals surface area contributed by atoms with Crippen molar-refractivity contribution in [1.82, 2.24) is 5.32 Å². The zero-order valence-corrected chi connectivity index (χ0v) is 15.4. The zero-order valence-electron chi connectivity index (χ0n) is 14.6. The van der Waals surface area contributed by atoms with E-state index in [9.17, 15) is 9.90 Å². The molecule has 0 saturated carbocycles. The number of rotatable bonds is 4. The maximum absolute atomic E-state index is 12.1. The van der Waals surface area contributed by atoms with E-state index in [0.717, 1.165) is 11.1 Å². The average Bonchev–Trinajstić information content (AvgIpc) is 2.63. The molecule has 0 spiro atoms. The third-order valence-electron chi connectivity index (χ3n) is 3.33. The molecule has 0 aromatic heterocycles. The predicted octanol–water partition coefficient (Wildman–Crippen LogP) is 3.76. The Hall–Kier alpha value is -2.66. The number of nitrogens with two attached hydrogens (primary N) is 2. The maximum atomic E-state index is 12.1. The Morgan fingerprint density at radius 3 is 2.36 bits per heavy atom. The molecule has 5 nitrogen and oxygen atoms in total. The third-order valence-corrected chi connectivity index (χ3v) is 3.58. The minimum absolute atomic E-state index is 0.271. The Labute approximate surface area is 153 Å². The molecule has 2 rings (SSSR count). The van der Waals surface area contributed by atoms with Crippen molar-refractivity contribution >= 4 is 29.0 Å². The Kier molecular flexibility index (Phi) is 7.82. The highest BCUT2D eigenvalue weighted by atomic mass is 35.5. The number of carbonyl (C=O) groups excluding carboxylic acids is 1. The molecule has 6 N–H and O–H groups in total. The summed E-state index contributed by atoms with van der Waals surface area (Å²) in [6.07, 6.45) is 0. The molecule has 2 aromatic carbocycles. The van der Waals surface area contributed by atoms with Gasteiger partial charge in [0.2, 0.25) is 0 Å². The van der Waals surface area contributed by atoms with Gasteiger partial charge in [-0.3, -0.25) is 4.79 Å². The number of aliphatic hydroxyl groups is 1. The quantitative estimate of drug-likeness (QED) is 0.378. The fraction of sp³-hybridized carbons (Fsp3) is 0.211. The van der Waals surface area contributed by atoms with Crippen molar-refractivity contribution in [2.24, 2.45) is 5.73 Å². The molecule has 0 aliphatic rings. The van der Waals surface area contributed by atoms with Crippen LogP contribution in [0.25, 0.3) is 5.76 Å². The van der Waals surface area contributed by atoms with E-state index in [4.69, 9.17) is 23.1 Å². The first-order valence-electron chi connectivity index (χ1n) is 7.96. The number of anilines is 1. The molecule has 0 unspecified atom stereocenters. The smallest absolute Gasteiger partial charge is 0.271 e. The molecule has 0 saturated heterocycles. The Morgan fingerprint density at radius 2 is 1.76 bits per heavy atom. The summed E-state index contributed by atoms with van der Waals surface area (Å²) in [7, 11) is 0. The van der Waals surface area contributed by atoms with Crippen molar-refractivity contribution in [1.29, 1.82) is 0 Å². The van der Waals surface area contributed by atoms with Gasteiger partial charge in [-0.1, -0.05) is 49.2 Å². The highest BCUT2D eigenvalue weighted by molar-refractivity contribution is 6.30. The van der Waals surface area contributed by atoms with Gasteiger partial charge in [-0.25, -0.2) is 0 Å². The number of hydrogen-bond acceptors (Lipinski definition) is 4. The topological polar surface area (TPSA) is 101 Å². The summed E-state index contributed by atoms with van der Waals surface area (Å²) in [5.74, 6) is -0.904. The van der Waals surface area contributed by atoms with Crippen LogP contribution >= 0.6 is 11.6 Å². The van der Waals surface area contributed by atoms with Crippen LogP contribution in [0.2, 0.25) is 5.02 Å². The number of hydrogen-bond donors (Lipinski definition) is 4. The van der Waals surface area contributed by atoms with Crippen LogP contribution in [0.5, 0.6) is 0 Å². The Bertz CT molecular complexity index is 756. The number of nitrogen functional groups attached to an aromatic ring is 1. The average molecular weight is 362 g/mol. The highest BCUT2D eigenvalue weighted by Crippen LogP contribution is 2.22. The molecule has 0 fully saturated rings. The Morgan fingerprint density at radius 1 is 1.16 bits per heavy atom. The first-order chi connectivity index (χ1) is 11.9. The normalized spacial score (nSPS) is 11.0. The van der Waals surface area contributed by atoms with Gasteiger partial charge in [-0.05, 0) is 36.8 Å². The van der Waals surface area contributed by atoms with Crippen molar-refractivity contribution in [2.75, 3.05) is 5.73 Å². The van der Waals surface area contributed by atoms with E-state index < -0.39 is 5.91 Å². The molecule has 2 aromatic rings. The lowest BCUT2D eigenvalue weighted by atomic mass is 10.1. The number of benzene rings is 2. The van der Waals surface area contributed by atoms with Gasteiger partial charge in [0.25, 0.3) is 5.91 Å². The second kappa shape index (κ2) is 9.59. The predicted molar refractivity (Wildman–Crippen MR) is 104 cm³/mol. The van der Waals surface area contributed by atoms with Gasteiger partial charge in [0.15, 0.2) is 5.76 Å². The van der Waals surface area contributed by atoms with Gasteiger partial charge in [0.05, 0.1) is 0 Å². The van der Waals surface area contributed by atoms with E-state index in [0.29, 0.717) is 16.3 Å². The van der Waals surface area contributed by atoms with Crippen molar-refractivity contribution in [3.63, 3.8) is 0 Å². The lowest BCUT2D eigenvalue weighted by Gasteiger charge is -2.10. The molecular weight excluding hydrogens is 338 g/mol. The summed E-state index contributed by atoms with van der Waals surface area (Å²) < 4.78 is 0. The number of carbonyl (C=O) groups is 1. The van der Waals surface area contributed by atoms with Crippen molar-refractivity contribution in [2.45, 2.75) is 27.3 Å². The fourth-order valence-corrected chi connectivity index (χ4v) is 2.13. The van der Waals surface area contributed by atoms with Gasteiger partial charge in [-0.2, -0.15) is 0 Å². The standard InChI is InChI=1S/C17H18ClN3O2.C2H6/c1-10-2-7-14(19)13(8-10)16(22)15(20)17(23)21-9-11-3-5-12(18)6-4-11;1-2/h2-8,22H,9,19-20H2,1H3,(H,21,23);1-2H3/b16-15+;. The van der Waals surface area contributed by atoms with Crippen molar-refractivity contribution < 1.29 is 9.90 Å². The Balaban J connectivity index is 0.00000151. The number of aryl methyl sites for hydroxylation is 1. The molecule has 1 amide bonds. The number of nitrogens with one attached hydrogen (secondary N) is 1. The molecule has 0 aliphatic carbocycles. The van der Waals surface area contributed by atoms with Crippen LogP contribution in [-0.4, -0.2) is 11.0 Å². The summed E-state index contributed by atoms with van der Waals surface area (Å²) >= 11 is 5.80. The second-order valence-corrected chi connectivity index (χ2v) is 5.60. The van der Waals surface area contributed by atoms with Crippen LogP contribution in [0.3, 0.4) is 0 Å². The molecule has 0 atom stereocenters. The number of aliphatic hydroxyl groups excluding tert-OH is 1. The number of amides is 1. The summed E-state index contributed by atoms with van der Waals surface area (Å²) in [5.41, 5.74) is 13.7. The van der Waals surface area contributed by atoms with Crippen LogP contribution in [-0.2, 0) is 11.3 Å². The van der Waals surface area contributed by atoms with E-state index in [1.807, 2.05) is 26.8 Å². The third kappa shape index (κ3) is 5.72. The van der Waals surface area contributed by atoms with E-state index in [2.05, 4.69) is 5.32 Å². The summed E-state index contributed by atoms with van der Waals surface area (Å²) in [5, 5.41) is 13.4. The number of halogens is 1. The SMILES string of the molecule is CC.Cc1ccc(N)c(/C(O)=C(\N)C(=O)NCc2ccc(Cl)cc2)c1. The van der Waals surface area contributed by atoms with Gasteiger partial charge in [0.1, 0.15) is 5.70 Å². The maximum Gasteiger partial charge on any atom is 0.271 e. The minimum atomic E-state index is -0.571. The van der Waals surface area contributed by atoms with Gasteiger partial charge in [0, 0.05) is 22.8 Å². The summed E-state index contributed by atoms with van der Waals surface area (Å²) in [4.78, 5) is 12.1. The van der Waals surface area contributed by atoms with E-state index in [1.54, 1.807) is 36.4 Å². The molecular formula is C19H24ClN3O2. The molecule has 0 heterocycles. The van der Waals surface area contributed by atoms with Gasteiger partial charge < -0.3 is 21.9 Å². The molecule has 0 aliphatic heterocycles. The molecule has 0 radical (unpaired) electrons. The first-order valence-corrected chi connectivity index (χ1v) is 8.34. The fourth-order valence-electron chi connectivity index (χ4n) is 2.01. The molecule has 0 bridgehead atoms. The van der Waals surface area contributed by atoms with Crippen LogP contribution < -0.4 is 16.8 Å². The highest BCUT2D eigenvalue weighted by Gasteiger charge is 2.15. The van der Waals surface area contributed by atoms with Crippen LogP contribution in [0.1, 0.15) is 30.5 Å². The molecule has 25 heavy (non-hydrogen) atoms. The summed E-state index contributed by atoms with van der Waals surface area (Å²) in [6.45, 7) is 6.13. The summed E-state index contributed by atoms with van der Waals surface area (Å²) in [6, 6.07) is 12.2. The van der Waals surface area contributed by atoms with Gasteiger partial charge in [-0.15, -0.1) is 0 Å². The van der Waals surface area contributed by atoms with Crippen molar-refractivity contribution in [3.8, 4) is 0 Å². The monoisotopic (exact) mass is 361 g/mol. The van der Waals surface area contributed by atoms with E-state index >= 15 is 0 Å². The first kappa shape index (κ1) is 20.4. The minimum Gasteiger partial charge on any atom is -0.505 e. The molecule has 134 valence electrons. The van der Waals surface area contributed by atoms with Crippen molar-refractivity contribution in [3.05, 3.63) is 69.9 Å². The van der Waals surface area contributed by atoms with Crippen LogP contribution in [0, 0.1) is 6.92 Å². The van der Waals surface area contributed by atoms with Crippen LogP contribution in [0.4, 0.5) is 5.69 Å². The lowest BCUT2D eigenvalue weighted by molar-refractivity contribution is -0.117. The lowest BCUT2D eigenvalue weighted by Crippen LogP contribution is -2.29. The van der Waals surface area contributed by atoms with Crippen LogP contribution in [0.15, 0.2) is 48.2 Å².